The maximum atomic E-state index is 12.5. The SMILES string of the molecule is CCOC(=O)C(CCc1nc2cc(N(CCCl)CCCl)ccc2n1C)NC(=O)C(N)CC(C)C.Cl.Cl. The summed E-state index contributed by atoms with van der Waals surface area (Å²) in [4.78, 5) is 32.0. The van der Waals surface area contributed by atoms with Gasteiger partial charge in [0.15, 0.2) is 0 Å². The molecule has 8 nitrogen and oxygen atoms in total. The summed E-state index contributed by atoms with van der Waals surface area (Å²) in [6, 6.07) is 4.61. The summed E-state index contributed by atoms with van der Waals surface area (Å²) >= 11 is 11.9. The molecule has 2 aromatic rings. The van der Waals surface area contributed by atoms with E-state index in [1.165, 1.54) is 0 Å². The number of aromatic nitrogens is 2. The van der Waals surface area contributed by atoms with Crippen LogP contribution in [0.4, 0.5) is 5.69 Å². The molecule has 1 heterocycles. The highest BCUT2D eigenvalue weighted by molar-refractivity contribution is 6.18. The van der Waals surface area contributed by atoms with E-state index in [0.717, 1.165) is 22.5 Å². The summed E-state index contributed by atoms with van der Waals surface area (Å²) in [7, 11) is 1.94. The van der Waals surface area contributed by atoms with E-state index >= 15 is 0 Å². The molecule has 3 N–H and O–H groups in total. The van der Waals surface area contributed by atoms with Crippen LogP contribution in [-0.4, -0.2) is 65.0 Å². The van der Waals surface area contributed by atoms with E-state index in [0.29, 0.717) is 44.1 Å². The quantitative estimate of drug-likeness (QED) is 0.256. The maximum Gasteiger partial charge on any atom is 0.328 e. The molecular formula is C24H39Cl4N5O3. The average molecular weight is 587 g/mol. The number of nitrogens with two attached hydrogens (primary N) is 1. The Balaban J connectivity index is 0.00000612. The summed E-state index contributed by atoms with van der Waals surface area (Å²) in [6.45, 7) is 7.36. The molecule has 0 radical (unpaired) electrons. The van der Waals surface area contributed by atoms with Crippen LogP contribution < -0.4 is 16.0 Å². The fraction of sp³-hybridized carbons (Fsp3) is 0.625. The fourth-order valence-corrected chi connectivity index (χ4v) is 4.30. The van der Waals surface area contributed by atoms with E-state index in [9.17, 15) is 9.59 Å². The minimum absolute atomic E-state index is 0. The second kappa shape index (κ2) is 17.1. The van der Waals surface area contributed by atoms with Gasteiger partial charge in [-0.2, -0.15) is 0 Å². The van der Waals surface area contributed by atoms with Gasteiger partial charge in [0.05, 0.1) is 23.7 Å². The number of benzene rings is 1. The number of carbonyl (C=O) groups is 2. The number of alkyl halides is 2. The number of ether oxygens (including phenoxy) is 1. The van der Waals surface area contributed by atoms with Crippen LogP contribution in [0.25, 0.3) is 11.0 Å². The lowest BCUT2D eigenvalue weighted by Crippen LogP contribution is -2.49. The molecule has 2 rings (SSSR count). The Kier molecular flexibility index (Phi) is 16.4. The van der Waals surface area contributed by atoms with Gasteiger partial charge in [-0.1, -0.05) is 13.8 Å². The number of amides is 1. The predicted molar refractivity (Wildman–Crippen MR) is 153 cm³/mol. The van der Waals surface area contributed by atoms with E-state index in [-0.39, 0.29) is 43.2 Å². The van der Waals surface area contributed by atoms with Crippen LogP contribution in [0.5, 0.6) is 0 Å². The number of nitrogens with one attached hydrogen (secondary N) is 1. The van der Waals surface area contributed by atoms with Gasteiger partial charge < -0.3 is 25.3 Å². The van der Waals surface area contributed by atoms with Gasteiger partial charge in [0.2, 0.25) is 5.91 Å². The van der Waals surface area contributed by atoms with E-state index in [1.54, 1.807) is 6.92 Å². The summed E-state index contributed by atoms with van der Waals surface area (Å²) in [5, 5.41) is 2.78. The molecule has 12 heteroatoms. The fourth-order valence-electron chi connectivity index (χ4n) is 3.89. The summed E-state index contributed by atoms with van der Waals surface area (Å²) in [6.07, 6.45) is 1.38. The minimum Gasteiger partial charge on any atom is -0.464 e. The highest BCUT2D eigenvalue weighted by Gasteiger charge is 2.26. The molecule has 206 valence electrons. The molecule has 0 aliphatic carbocycles. The molecular weight excluding hydrogens is 548 g/mol. The Morgan fingerprint density at radius 3 is 2.39 bits per heavy atom. The first-order valence-corrected chi connectivity index (χ1v) is 12.8. The normalized spacial score (nSPS) is 12.4. The zero-order valence-corrected chi connectivity index (χ0v) is 24.5. The van der Waals surface area contributed by atoms with Crippen molar-refractivity contribution in [2.45, 2.75) is 52.1 Å². The van der Waals surface area contributed by atoms with E-state index < -0.39 is 18.1 Å². The highest BCUT2D eigenvalue weighted by atomic mass is 35.5. The van der Waals surface area contributed by atoms with Crippen LogP contribution in [-0.2, 0) is 27.8 Å². The molecule has 0 saturated heterocycles. The number of esters is 1. The number of aryl methyl sites for hydroxylation is 2. The Morgan fingerprint density at radius 2 is 1.83 bits per heavy atom. The Bertz CT molecular complexity index is 951. The van der Waals surface area contributed by atoms with Gasteiger partial charge >= 0.3 is 5.97 Å². The van der Waals surface area contributed by atoms with Crippen molar-refractivity contribution < 1.29 is 14.3 Å². The zero-order chi connectivity index (χ0) is 25.3. The molecule has 36 heavy (non-hydrogen) atoms. The molecule has 0 bridgehead atoms. The number of hydrogen-bond donors (Lipinski definition) is 2. The monoisotopic (exact) mass is 585 g/mol. The molecule has 1 aromatic carbocycles. The zero-order valence-electron chi connectivity index (χ0n) is 21.3. The summed E-state index contributed by atoms with van der Waals surface area (Å²) < 4.78 is 7.18. The van der Waals surface area contributed by atoms with Gasteiger partial charge in [-0.05, 0) is 43.9 Å². The van der Waals surface area contributed by atoms with Crippen LogP contribution >= 0.6 is 48.0 Å². The molecule has 0 fully saturated rings. The lowest BCUT2D eigenvalue weighted by molar-refractivity contribution is -0.147. The van der Waals surface area contributed by atoms with Crippen molar-refractivity contribution in [2.24, 2.45) is 18.7 Å². The first-order valence-electron chi connectivity index (χ1n) is 11.8. The van der Waals surface area contributed by atoms with Crippen molar-refractivity contribution in [2.75, 3.05) is 36.4 Å². The van der Waals surface area contributed by atoms with Crippen molar-refractivity contribution in [1.82, 2.24) is 14.9 Å². The largest absolute Gasteiger partial charge is 0.464 e. The number of fused-ring (bicyclic) bond motifs is 1. The number of imidazole rings is 1. The highest BCUT2D eigenvalue weighted by Crippen LogP contribution is 2.23. The predicted octanol–water partition coefficient (Wildman–Crippen LogP) is 4.05. The second-order valence-electron chi connectivity index (χ2n) is 8.71. The third kappa shape index (κ3) is 9.78. The molecule has 0 aliphatic rings. The van der Waals surface area contributed by atoms with Crippen molar-refractivity contribution >= 4 is 76.6 Å². The molecule has 2 atom stereocenters. The maximum absolute atomic E-state index is 12.5. The van der Waals surface area contributed by atoms with E-state index in [4.69, 9.17) is 38.7 Å². The van der Waals surface area contributed by atoms with Crippen molar-refractivity contribution in [3.63, 3.8) is 0 Å². The topological polar surface area (TPSA) is 102 Å². The van der Waals surface area contributed by atoms with Crippen molar-refractivity contribution in [3.8, 4) is 0 Å². The van der Waals surface area contributed by atoms with Crippen LogP contribution in [0.15, 0.2) is 18.2 Å². The van der Waals surface area contributed by atoms with Gasteiger partial charge in [0, 0.05) is 44.0 Å². The molecule has 0 spiro atoms. The second-order valence-corrected chi connectivity index (χ2v) is 9.47. The molecule has 2 unspecified atom stereocenters. The Labute approximate surface area is 236 Å². The van der Waals surface area contributed by atoms with Gasteiger partial charge in [-0.25, -0.2) is 9.78 Å². The molecule has 1 aromatic heterocycles. The smallest absolute Gasteiger partial charge is 0.328 e. The van der Waals surface area contributed by atoms with Crippen LogP contribution in [0.2, 0.25) is 0 Å². The van der Waals surface area contributed by atoms with Gasteiger partial charge in [-0.15, -0.1) is 48.0 Å². The van der Waals surface area contributed by atoms with Gasteiger partial charge in [0.1, 0.15) is 11.9 Å². The number of nitrogens with zero attached hydrogens (tertiary/aromatic N) is 3. The van der Waals surface area contributed by atoms with Gasteiger partial charge in [0.25, 0.3) is 0 Å². The summed E-state index contributed by atoms with van der Waals surface area (Å²) in [5.74, 6) is 1.28. The number of rotatable bonds is 14. The third-order valence-corrected chi connectivity index (χ3v) is 5.98. The van der Waals surface area contributed by atoms with Crippen molar-refractivity contribution in [1.29, 1.82) is 0 Å². The summed E-state index contributed by atoms with van der Waals surface area (Å²) in [5.41, 5.74) is 8.84. The number of anilines is 1. The first kappa shape index (κ1) is 34.6. The first-order chi connectivity index (χ1) is 16.2. The minimum atomic E-state index is -0.788. The molecule has 1 amide bonds. The number of carbonyl (C=O) groups excluding carboxylic acids is 2. The molecule has 0 aliphatic heterocycles. The van der Waals surface area contributed by atoms with Crippen molar-refractivity contribution in [3.05, 3.63) is 24.0 Å². The Morgan fingerprint density at radius 1 is 1.19 bits per heavy atom. The lowest BCUT2D eigenvalue weighted by Gasteiger charge is -2.22. The Hall–Kier alpha value is -1.45. The van der Waals surface area contributed by atoms with Crippen LogP contribution in [0.1, 0.15) is 39.4 Å². The van der Waals surface area contributed by atoms with Gasteiger partial charge in [-0.3, -0.25) is 4.79 Å². The number of halogens is 4. The molecule has 0 saturated carbocycles. The van der Waals surface area contributed by atoms with Crippen LogP contribution in [0, 0.1) is 5.92 Å². The van der Waals surface area contributed by atoms with E-state index in [2.05, 4.69) is 10.2 Å². The standard InChI is InChI=1S/C24H37Cl2N5O3.2ClH/c1-5-34-24(33)19(29-23(32)18(27)14-16(2)3)7-9-22-28-20-15-17(6-8-21(20)30(22)4)31(12-10-25)13-11-26;;/h6,8,15-16,18-19H,5,7,9-14,27H2,1-4H3,(H,29,32);2*1H. The third-order valence-electron chi connectivity index (χ3n) is 5.64. The lowest BCUT2D eigenvalue weighted by atomic mass is 10.0. The number of hydrogen-bond acceptors (Lipinski definition) is 6. The average Bonchev–Trinajstić information content (AvgIpc) is 3.10. The van der Waals surface area contributed by atoms with Crippen LogP contribution in [0.3, 0.4) is 0 Å². The van der Waals surface area contributed by atoms with E-state index in [1.807, 2.05) is 43.7 Å².